The van der Waals surface area contributed by atoms with Gasteiger partial charge in [-0.2, -0.15) is 0 Å². The highest BCUT2D eigenvalue weighted by Crippen LogP contribution is 2.27. The number of carbonyl (C=O) groups excluding carboxylic acids is 2. The van der Waals surface area contributed by atoms with Gasteiger partial charge in [-0.1, -0.05) is 50.3 Å². The summed E-state index contributed by atoms with van der Waals surface area (Å²) < 4.78 is 5.01. The summed E-state index contributed by atoms with van der Waals surface area (Å²) in [4.78, 5) is 25.1. The number of carbonyl (C=O) groups is 2. The van der Waals surface area contributed by atoms with Crippen LogP contribution < -0.4 is 0 Å². The number of hydrogen-bond donors (Lipinski definition) is 0. The molecule has 4 nitrogen and oxygen atoms in total. The standard InChI is InChI=1S/C16H19NO3/c1-12(2)7-6-10-15(18)17-14(11-20-16(17)19)13-8-4-3-5-9-13/h3-6,8-10,12,14H,7,11H2,1-2H3/b10-6+/t14-/m0/s1. The van der Waals surface area contributed by atoms with Crippen LogP contribution in [0.1, 0.15) is 31.9 Å². The molecule has 1 aliphatic heterocycles. The van der Waals surface area contributed by atoms with E-state index in [1.807, 2.05) is 30.3 Å². The van der Waals surface area contributed by atoms with Crippen LogP contribution in [0.25, 0.3) is 0 Å². The molecule has 2 amide bonds. The van der Waals surface area contributed by atoms with Crippen molar-refractivity contribution in [2.45, 2.75) is 26.3 Å². The van der Waals surface area contributed by atoms with Gasteiger partial charge < -0.3 is 4.74 Å². The highest BCUT2D eigenvalue weighted by molar-refractivity contribution is 5.99. The Labute approximate surface area is 119 Å². The van der Waals surface area contributed by atoms with Crippen LogP contribution in [0.3, 0.4) is 0 Å². The third-order valence-corrected chi connectivity index (χ3v) is 3.16. The number of benzene rings is 1. The van der Waals surface area contributed by atoms with Crippen LogP contribution in [-0.2, 0) is 9.53 Å². The molecule has 0 radical (unpaired) electrons. The normalized spacial score (nSPS) is 18.9. The molecule has 1 aromatic carbocycles. The Kier molecular flexibility index (Phi) is 4.56. The fourth-order valence-corrected chi connectivity index (χ4v) is 2.11. The first kappa shape index (κ1) is 14.3. The first-order valence-electron chi connectivity index (χ1n) is 6.81. The van der Waals surface area contributed by atoms with Gasteiger partial charge in [0.15, 0.2) is 0 Å². The maximum absolute atomic E-state index is 12.2. The summed E-state index contributed by atoms with van der Waals surface area (Å²) in [6.07, 6.45) is 3.51. The van der Waals surface area contributed by atoms with Crippen molar-refractivity contribution in [3.63, 3.8) is 0 Å². The lowest BCUT2D eigenvalue weighted by Crippen LogP contribution is -2.32. The van der Waals surface area contributed by atoms with Gasteiger partial charge in [-0.05, 0) is 24.0 Å². The average molecular weight is 273 g/mol. The van der Waals surface area contributed by atoms with Crippen LogP contribution in [-0.4, -0.2) is 23.5 Å². The van der Waals surface area contributed by atoms with E-state index in [0.717, 1.165) is 12.0 Å². The Balaban J connectivity index is 2.13. The molecule has 20 heavy (non-hydrogen) atoms. The molecular formula is C16H19NO3. The molecule has 1 fully saturated rings. The molecule has 1 aromatic rings. The molecule has 0 spiro atoms. The minimum Gasteiger partial charge on any atom is -0.446 e. The topological polar surface area (TPSA) is 46.6 Å². The van der Waals surface area contributed by atoms with Crippen LogP contribution in [0, 0.1) is 5.92 Å². The molecule has 0 aromatic heterocycles. The fraction of sp³-hybridized carbons (Fsp3) is 0.375. The van der Waals surface area contributed by atoms with E-state index in [4.69, 9.17) is 4.74 Å². The predicted molar refractivity (Wildman–Crippen MR) is 76.0 cm³/mol. The number of ether oxygens (including phenoxy) is 1. The lowest BCUT2D eigenvalue weighted by atomic mass is 10.1. The summed E-state index contributed by atoms with van der Waals surface area (Å²) in [5, 5.41) is 0. The zero-order chi connectivity index (χ0) is 14.5. The van der Waals surface area contributed by atoms with Crippen molar-refractivity contribution in [2.75, 3.05) is 6.61 Å². The second-order valence-corrected chi connectivity index (χ2v) is 5.24. The zero-order valence-corrected chi connectivity index (χ0v) is 11.8. The molecule has 106 valence electrons. The molecule has 2 rings (SSSR count). The van der Waals surface area contributed by atoms with Gasteiger partial charge in [0, 0.05) is 0 Å². The van der Waals surface area contributed by atoms with Gasteiger partial charge in [0.1, 0.15) is 12.6 Å². The first-order chi connectivity index (χ1) is 9.59. The molecule has 1 atom stereocenters. The smallest absolute Gasteiger partial charge is 0.417 e. The van der Waals surface area contributed by atoms with Gasteiger partial charge in [0.2, 0.25) is 0 Å². The number of amides is 2. The van der Waals surface area contributed by atoms with Crippen LogP contribution in [0.5, 0.6) is 0 Å². The number of allylic oxidation sites excluding steroid dienone is 1. The summed E-state index contributed by atoms with van der Waals surface area (Å²) >= 11 is 0. The average Bonchev–Trinajstić information content (AvgIpc) is 2.81. The molecule has 1 heterocycles. The Morgan fingerprint density at radius 3 is 2.75 bits per heavy atom. The number of cyclic esters (lactones) is 1. The van der Waals surface area contributed by atoms with E-state index in [0.29, 0.717) is 5.92 Å². The van der Waals surface area contributed by atoms with Gasteiger partial charge in [-0.15, -0.1) is 0 Å². The lowest BCUT2D eigenvalue weighted by Gasteiger charge is -2.18. The summed E-state index contributed by atoms with van der Waals surface area (Å²) in [5.41, 5.74) is 0.906. The molecule has 0 aliphatic carbocycles. The van der Waals surface area contributed by atoms with Crippen molar-refractivity contribution in [3.05, 3.63) is 48.0 Å². The largest absolute Gasteiger partial charge is 0.446 e. The summed E-state index contributed by atoms with van der Waals surface area (Å²) in [6, 6.07) is 9.12. The third kappa shape index (κ3) is 3.26. The van der Waals surface area contributed by atoms with E-state index in [1.165, 1.54) is 11.0 Å². The molecule has 1 saturated heterocycles. The maximum Gasteiger partial charge on any atom is 0.417 e. The minimum atomic E-state index is -0.571. The van der Waals surface area contributed by atoms with E-state index in [1.54, 1.807) is 6.08 Å². The van der Waals surface area contributed by atoms with E-state index >= 15 is 0 Å². The third-order valence-electron chi connectivity index (χ3n) is 3.16. The molecule has 0 bridgehead atoms. The van der Waals surface area contributed by atoms with Gasteiger partial charge in [-0.3, -0.25) is 4.79 Å². The zero-order valence-electron chi connectivity index (χ0n) is 11.8. The van der Waals surface area contributed by atoms with Crippen molar-refractivity contribution in [3.8, 4) is 0 Å². The van der Waals surface area contributed by atoms with Gasteiger partial charge in [0.05, 0.1) is 0 Å². The monoisotopic (exact) mass is 273 g/mol. The number of rotatable bonds is 4. The number of imide groups is 1. The van der Waals surface area contributed by atoms with Crippen molar-refractivity contribution >= 4 is 12.0 Å². The molecule has 0 saturated carbocycles. The van der Waals surface area contributed by atoms with E-state index in [9.17, 15) is 9.59 Å². The van der Waals surface area contributed by atoms with Crippen molar-refractivity contribution in [2.24, 2.45) is 5.92 Å². The second-order valence-electron chi connectivity index (χ2n) is 5.24. The Morgan fingerprint density at radius 2 is 2.10 bits per heavy atom. The first-order valence-corrected chi connectivity index (χ1v) is 6.81. The summed E-state index contributed by atoms with van der Waals surface area (Å²) in [7, 11) is 0. The Bertz CT molecular complexity index is 508. The highest BCUT2D eigenvalue weighted by Gasteiger charge is 2.37. The van der Waals surface area contributed by atoms with Crippen LogP contribution in [0.2, 0.25) is 0 Å². The van der Waals surface area contributed by atoms with Crippen molar-refractivity contribution in [1.82, 2.24) is 4.90 Å². The molecule has 4 heteroatoms. The predicted octanol–water partition coefficient (Wildman–Crippen LogP) is 3.31. The second kappa shape index (κ2) is 6.37. The summed E-state index contributed by atoms with van der Waals surface area (Å²) in [6.45, 7) is 4.37. The number of hydrogen-bond acceptors (Lipinski definition) is 3. The van der Waals surface area contributed by atoms with Crippen LogP contribution >= 0.6 is 0 Å². The van der Waals surface area contributed by atoms with Crippen molar-refractivity contribution < 1.29 is 14.3 Å². The lowest BCUT2D eigenvalue weighted by molar-refractivity contribution is -0.124. The molecule has 1 aliphatic rings. The van der Waals surface area contributed by atoms with Gasteiger partial charge >= 0.3 is 6.09 Å². The van der Waals surface area contributed by atoms with E-state index in [2.05, 4.69) is 13.8 Å². The molecule has 0 N–H and O–H groups in total. The SMILES string of the molecule is CC(C)C/C=C/C(=O)N1C(=O)OC[C@H]1c1ccccc1. The minimum absolute atomic E-state index is 0.215. The Morgan fingerprint density at radius 1 is 1.40 bits per heavy atom. The molecule has 0 unspecified atom stereocenters. The van der Waals surface area contributed by atoms with Crippen molar-refractivity contribution in [1.29, 1.82) is 0 Å². The maximum atomic E-state index is 12.2. The highest BCUT2D eigenvalue weighted by atomic mass is 16.6. The fourth-order valence-electron chi connectivity index (χ4n) is 2.11. The molecular weight excluding hydrogens is 254 g/mol. The Hall–Kier alpha value is -2.10. The quantitative estimate of drug-likeness (QED) is 0.791. The van der Waals surface area contributed by atoms with E-state index < -0.39 is 6.09 Å². The van der Waals surface area contributed by atoms with E-state index in [-0.39, 0.29) is 18.6 Å². The number of nitrogens with zero attached hydrogens (tertiary/aromatic N) is 1. The van der Waals surface area contributed by atoms with Gasteiger partial charge in [-0.25, -0.2) is 9.69 Å². The van der Waals surface area contributed by atoms with Gasteiger partial charge in [0.25, 0.3) is 5.91 Å². The van der Waals surface area contributed by atoms with Crippen LogP contribution in [0.4, 0.5) is 4.79 Å². The summed E-state index contributed by atoms with van der Waals surface area (Å²) in [5.74, 6) is 0.163. The van der Waals surface area contributed by atoms with Crippen LogP contribution in [0.15, 0.2) is 42.5 Å².